The van der Waals surface area contributed by atoms with Gasteiger partial charge in [-0.2, -0.15) is 0 Å². The molecule has 2 aromatic heterocycles. The number of aromatic nitrogens is 2. The molecule has 3 amide bonds. The average Bonchev–Trinajstić information content (AvgIpc) is 3.50. The maximum absolute atomic E-state index is 13.1. The summed E-state index contributed by atoms with van der Waals surface area (Å²) in [6.07, 6.45) is 3.56. The molecule has 10 nitrogen and oxygen atoms in total. The lowest BCUT2D eigenvalue weighted by atomic mass is 9.88. The van der Waals surface area contributed by atoms with E-state index in [1.807, 2.05) is 18.2 Å². The van der Waals surface area contributed by atoms with Crippen LogP contribution in [0.1, 0.15) is 49.7 Å². The van der Waals surface area contributed by atoms with Gasteiger partial charge in [-0.25, -0.2) is 9.78 Å². The fourth-order valence-electron chi connectivity index (χ4n) is 4.14. The molecule has 1 fully saturated rings. The summed E-state index contributed by atoms with van der Waals surface area (Å²) in [5.41, 5.74) is 0.985. The number of carbonyl (C=O) groups excluding carboxylic acids is 2. The van der Waals surface area contributed by atoms with Gasteiger partial charge in [0, 0.05) is 30.9 Å². The number of para-hydroxylation sites is 1. The number of carboxylic acid groups (broad SMARTS) is 1. The summed E-state index contributed by atoms with van der Waals surface area (Å²) in [7, 11) is 0. The highest BCUT2D eigenvalue weighted by molar-refractivity contribution is 5.99. The number of carboxylic acids is 1. The number of anilines is 2. The number of hydrogen-bond acceptors (Lipinski definition) is 6. The minimum Gasteiger partial charge on any atom is -0.481 e. The summed E-state index contributed by atoms with van der Waals surface area (Å²) in [6, 6.07) is 13.6. The van der Waals surface area contributed by atoms with Gasteiger partial charge in [-0.1, -0.05) is 29.4 Å². The second kappa shape index (κ2) is 10.6. The van der Waals surface area contributed by atoms with Crippen LogP contribution in [0.3, 0.4) is 0 Å². The first kappa shape index (κ1) is 24.9. The molecule has 3 N–H and O–H groups in total. The number of carbonyl (C=O) groups is 3. The highest BCUT2D eigenvalue weighted by atomic mass is 16.5. The van der Waals surface area contributed by atoms with Crippen LogP contribution in [0.2, 0.25) is 0 Å². The molecule has 1 atom stereocenters. The maximum Gasteiger partial charge on any atom is 0.324 e. The Balaban J connectivity index is 1.34. The Hall–Kier alpha value is -4.21. The third-order valence-electron chi connectivity index (χ3n) is 6.13. The van der Waals surface area contributed by atoms with Crippen molar-refractivity contribution in [1.29, 1.82) is 0 Å². The number of nitrogens with zero attached hydrogens (tertiary/aromatic N) is 3. The quantitative estimate of drug-likeness (QED) is 0.428. The van der Waals surface area contributed by atoms with E-state index in [-0.39, 0.29) is 24.8 Å². The molecule has 1 saturated heterocycles. The fraction of sp³-hybridized carbons (Fsp3) is 0.346. The van der Waals surface area contributed by atoms with Crippen LogP contribution in [0.5, 0.6) is 0 Å². The molecule has 0 saturated carbocycles. The number of rotatable bonds is 8. The van der Waals surface area contributed by atoms with Crippen LogP contribution in [-0.4, -0.2) is 44.6 Å². The second-order valence-electron chi connectivity index (χ2n) is 9.51. The molecule has 10 heteroatoms. The van der Waals surface area contributed by atoms with Crippen molar-refractivity contribution in [2.75, 3.05) is 17.2 Å². The summed E-state index contributed by atoms with van der Waals surface area (Å²) >= 11 is 0. The number of benzene rings is 1. The first-order valence-electron chi connectivity index (χ1n) is 11.8. The highest BCUT2D eigenvalue weighted by Gasteiger charge is 2.34. The summed E-state index contributed by atoms with van der Waals surface area (Å²) in [5.74, 6) is -0.0293. The first-order chi connectivity index (χ1) is 17.2. The normalized spacial score (nSPS) is 15.5. The molecule has 188 valence electrons. The van der Waals surface area contributed by atoms with Crippen LogP contribution in [0.4, 0.5) is 16.3 Å². The van der Waals surface area contributed by atoms with Crippen molar-refractivity contribution in [3.05, 3.63) is 71.7 Å². The second-order valence-corrected chi connectivity index (χ2v) is 9.51. The van der Waals surface area contributed by atoms with E-state index in [0.29, 0.717) is 29.5 Å². The minimum absolute atomic E-state index is 0.0642. The van der Waals surface area contributed by atoms with Crippen molar-refractivity contribution in [1.82, 2.24) is 15.0 Å². The van der Waals surface area contributed by atoms with E-state index in [2.05, 4.69) is 20.8 Å². The Morgan fingerprint density at radius 1 is 1.14 bits per heavy atom. The van der Waals surface area contributed by atoms with E-state index in [9.17, 15) is 19.5 Å². The SMILES string of the molecule is CC(C)(Cc1cc(C2CCCN2C(=O)Cc2ccc(NC(=O)Nc3ccccc3)nc2)on1)C(=O)O. The van der Waals surface area contributed by atoms with Crippen molar-refractivity contribution in [2.24, 2.45) is 5.41 Å². The molecule has 3 heterocycles. The summed E-state index contributed by atoms with van der Waals surface area (Å²) in [5, 5.41) is 18.8. The number of urea groups is 1. The van der Waals surface area contributed by atoms with E-state index < -0.39 is 17.4 Å². The molecule has 4 rings (SSSR count). The first-order valence-corrected chi connectivity index (χ1v) is 11.8. The Morgan fingerprint density at radius 3 is 2.61 bits per heavy atom. The van der Waals surface area contributed by atoms with E-state index in [0.717, 1.165) is 18.4 Å². The van der Waals surface area contributed by atoms with Gasteiger partial charge in [0.25, 0.3) is 0 Å². The van der Waals surface area contributed by atoms with Gasteiger partial charge in [-0.15, -0.1) is 0 Å². The Bertz CT molecular complexity index is 1220. The number of likely N-dealkylation sites (tertiary alicyclic amines) is 1. The number of nitrogens with one attached hydrogen (secondary N) is 2. The molecular formula is C26H29N5O5. The van der Waals surface area contributed by atoms with Crippen molar-refractivity contribution < 1.29 is 24.0 Å². The van der Waals surface area contributed by atoms with Gasteiger partial charge in [-0.3, -0.25) is 14.9 Å². The van der Waals surface area contributed by atoms with Crippen LogP contribution in [0.25, 0.3) is 0 Å². The lowest BCUT2D eigenvalue weighted by Crippen LogP contribution is -2.31. The number of aliphatic carboxylic acids is 1. The van der Waals surface area contributed by atoms with Crippen LogP contribution >= 0.6 is 0 Å². The standard InChI is InChI=1S/C26H29N5O5/c1-26(2,24(33)34)15-19-14-21(36-30-19)20-9-6-12-31(20)23(32)13-17-10-11-22(27-16-17)29-25(35)28-18-7-4-3-5-8-18/h3-5,7-8,10-11,14,16,20H,6,9,12-13,15H2,1-2H3,(H,33,34)(H2,27,28,29,35). The zero-order valence-corrected chi connectivity index (χ0v) is 20.2. The van der Waals surface area contributed by atoms with Gasteiger partial charge in [0.05, 0.1) is 23.6 Å². The fourth-order valence-corrected chi connectivity index (χ4v) is 4.14. The van der Waals surface area contributed by atoms with Crippen molar-refractivity contribution >= 4 is 29.4 Å². The number of pyridine rings is 1. The van der Waals surface area contributed by atoms with E-state index in [1.165, 1.54) is 0 Å². The van der Waals surface area contributed by atoms with Gasteiger partial charge >= 0.3 is 12.0 Å². The smallest absolute Gasteiger partial charge is 0.324 e. The van der Waals surface area contributed by atoms with Gasteiger partial charge < -0.3 is 19.8 Å². The summed E-state index contributed by atoms with van der Waals surface area (Å²) in [6.45, 7) is 3.88. The Morgan fingerprint density at radius 2 is 1.92 bits per heavy atom. The zero-order valence-electron chi connectivity index (χ0n) is 20.2. The Labute approximate surface area is 208 Å². The predicted octanol–water partition coefficient (Wildman–Crippen LogP) is 4.27. The third kappa shape index (κ3) is 6.07. The molecule has 36 heavy (non-hydrogen) atoms. The van der Waals surface area contributed by atoms with Crippen LogP contribution in [0, 0.1) is 5.41 Å². The van der Waals surface area contributed by atoms with Crippen LogP contribution in [-0.2, 0) is 22.4 Å². The van der Waals surface area contributed by atoms with Crippen molar-refractivity contribution in [3.8, 4) is 0 Å². The highest BCUT2D eigenvalue weighted by Crippen LogP contribution is 2.34. The average molecular weight is 492 g/mol. The molecule has 3 aromatic rings. The predicted molar refractivity (Wildman–Crippen MR) is 132 cm³/mol. The van der Waals surface area contributed by atoms with E-state index in [4.69, 9.17) is 4.52 Å². The van der Waals surface area contributed by atoms with Gasteiger partial charge in [-0.05, 0) is 50.5 Å². The van der Waals surface area contributed by atoms with Crippen LogP contribution < -0.4 is 10.6 Å². The molecule has 0 spiro atoms. The minimum atomic E-state index is -0.963. The summed E-state index contributed by atoms with van der Waals surface area (Å²) < 4.78 is 5.50. The lowest BCUT2D eigenvalue weighted by Gasteiger charge is -2.22. The van der Waals surface area contributed by atoms with Crippen molar-refractivity contribution in [3.63, 3.8) is 0 Å². The van der Waals surface area contributed by atoms with E-state index in [1.54, 1.807) is 55.3 Å². The molecule has 1 aliphatic heterocycles. The van der Waals surface area contributed by atoms with E-state index >= 15 is 0 Å². The molecule has 0 radical (unpaired) electrons. The molecule has 1 aliphatic rings. The van der Waals surface area contributed by atoms with Gasteiger partial charge in [0.15, 0.2) is 5.76 Å². The topological polar surface area (TPSA) is 138 Å². The van der Waals surface area contributed by atoms with Crippen molar-refractivity contribution in [2.45, 2.75) is 45.6 Å². The molecule has 1 aromatic carbocycles. The number of amides is 3. The van der Waals surface area contributed by atoms with Gasteiger partial charge in [0.1, 0.15) is 5.82 Å². The molecular weight excluding hydrogens is 462 g/mol. The molecule has 1 unspecified atom stereocenters. The maximum atomic E-state index is 13.1. The summed E-state index contributed by atoms with van der Waals surface area (Å²) in [4.78, 5) is 42.6. The molecule has 0 aliphatic carbocycles. The van der Waals surface area contributed by atoms with Gasteiger partial charge in [0.2, 0.25) is 5.91 Å². The Kier molecular flexibility index (Phi) is 7.33. The zero-order chi connectivity index (χ0) is 25.7. The number of hydrogen-bond donors (Lipinski definition) is 3. The monoisotopic (exact) mass is 491 g/mol. The molecule has 0 bridgehead atoms. The largest absolute Gasteiger partial charge is 0.481 e. The third-order valence-corrected chi connectivity index (χ3v) is 6.13. The lowest BCUT2D eigenvalue weighted by molar-refractivity contribution is -0.146. The van der Waals surface area contributed by atoms with Crippen LogP contribution in [0.15, 0.2) is 59.3 Å².